The van der Waals surface area contributed by atoms with E-state index in [1.807, 2.05) is 109 Å². The van der Waals surface area contributed by atoms with E-state index in [2.05, 4.69) is 199 Å². The van der Waals surface area contributed by atoms with Gasteiger partial charge in [0.15, 0.2) is 0 Å². The van der Waals surface area contributed by atoms with Gasteiger partial charge in [0.25, 0.3) is 0 Å². The first kappa shape index (κ1) is 62.3. The molecule has 0 atom stereocenters. The van der Waals surface area contributed by atoms with E-state index < -0.39 is 0 Å². The van der Waals surface area contributed by atoms with Crippen LogP contribution in [0, 0.1) is 18.8 Å². The van der Waals surface area contributed by atoms with E-state index in [1.165, 1.54) is 58.4 Å². The molecule has 12 heteroatoms. The Labute approximate surface area is 513 Å². The summed E-state index contributed by atoms with van der Waals surface area (Å²) >= 11 is 1.61. The SMILES string of the molecule is Br.CCCCN1C=CN(Cc2ccccc2)[CH-]1.CCCCn1cc[n+](Cc2ccccc2)c1.[Cl][Pt+].[Pt+2].[c-]1cc2ccccc2cc1-c1cccc(-c2ccccn2)n1.[c-]1cc2ccccc2cc1-c1cccc(-c2ccccn2)n1. The zero-order valence-corrected chi connectivity index (χ0v) is 51.9. The van der Waals surface area contributed by atoms with Gasteiger partial charge in [-0.25, -0.2) is 9.13 Å². The quantitative estimate of drug-likeness (QED) is 0.0798. The number of hydrogen-bond donors (Lipinski definition) is 0. The molecule has 0 spiro atoms. The number of nitrogens with zero attached hydrogens (tertiary/aromatic N) is 8. The Balaban J connectivity index is 0.000000171. The van der Waals surface area contributed by atoms with Crippen molar-refractivity contribution < 1.29 is 44.4 Å². The zero-order valence-electron chi connectivity index (χ0n) is 44.9. The number of imidazole rings is 1. The molecule has 80 heavy (non-hydrogen) atoms. The third kappa shape index (κ3) is 19.2. The molecule has 410 valence electrons. The van der Waals surface area contributed by atoms with Gasteiger partial charge in [0.1, 0.15) is 18.9 Å². The molecule has 0 unspecified atom stereocenters. The van der Waals surface area contributed by atoms with Gasteiger partial charge >= 0.3 is 49.3 Å². The van der Waals surface area contributed by atoms with Gasteiger partial charge in [0, 0.05) is 18.9 Å². The molecule has 1 aliphatic rings. The predicted molar refractivity (Wildman–Crippen MR) is 327 cm³/mol. The number of hydrogen-bond acceptors (Lipinski definition) is 6. The van der Waals surface area contributed by atoms with Gasteiger partial charge in [-0.05, 0) is 90.7 Å². The molecule has 0 radical (unpaired) electrons. The molecule has 0 saturated heterocycles. The fraction of sp³-hybridized carbons (Fsp3) is 0.147. The van der Waals surface area contributed by atoms with Crippen molar-refractivity contribution >= 4 is 47.9 Å². The fourth-order valence-corrected chi connectivity index (χ4v) is 8.63. The molecule has 0 bridgehead atoms. The molecule has 5 aromatic heterocycles. The molecule has 0 N–H and O–H groups in total. The molecule has 12 rings (SSSR count). The molecule has 6 heterocycles. The van der Waals surface area contributed by atoms with Crippen LogP contribution in [0.15, 0.2) is 250 Å². The van der Waals surface area contributed by atoms with Crippen molar-refractivity contribution in [2.24, 2.45) is 0 Å². The molecule has 1 aliphatic heterocycles. The van der Waals surface area contributed by atoms with E-state index in [0.717, 1.165) is 71.5 Å². The van der Waals surface area contributed by atoms with Gasteiger partial charge in [-0.1, -0.05) is 183 Å². The molecule has 0 fully saturated rings. The van der Waals surface area contributed by atoms with Crippen LogP contribution >= 0.6 is 26.4 Å². The molecule has 8 nitrogen and oxygen atoms in total. The van der Waals surface area contributed by atoms with Crippen molar-refractivity contribution in [1.29, 1.82) is 0 Å². The summed E-state index contributed by atoms with van der Waals surface area (Å²) in [6, 6.07) is 76.3. The van der Waals surface area contributed by atoms with E-state index in [0.29, 0.717) is 0 Å². The number of halogens is 2. The maximum absolute atomic E-state index is 4.73. The van der Waals surface area contributed by atoms with Crippen LogP contribution in [0.25, 0.3) is 66.8 Å². The monoisotopic (exact) mass is 1500 g/mol. The fourth-order valence-electron chi connectivity index (χ4n) is 8.63. The maximum atomic E-state index is 4.73. The van der Waals surface area contributed by atoms with Crippen molar-refractivity contribution in [1.82, 2.24) is 34.3 Å². The second kappa shape index (κ2) is 34.3. The molecule has 0 amide bonds. The standard InChI is InChI=1S/2C20H13N2.2C14H19N2.BrH.ClH.2Pt/c2*1-2-7-16-14-17(12-11-15(16)6-1)18-9-5-10-20(22-18)19-8-3-4-13-21-19;2*1-2-3-9-15-10-11-16(13-15)12-14-7-5-4-6-8-14;;;;/h2*1-11,13-14H;2*4-8,10-11,13H,2-3,9,12H2,1H3;2*1H;;/q3*-1;+1;;;2*+2/p-1. The molecule has 6 aromatic carbocycles. The van der Waals surface area contributed by atoms with E-state index in [-0.39, 0.29) is 38.0 Å². The van der Waals surface area contributed by atoms with Crippen molar-refractivity contribution in [2.75, 3.05) is 6.54 Å². The van der Waals surface area contributed by atoms with E-state index in [1.54, 1.807) is 31.2 Å². The summed E-state index contributed by atoms with van der Waals surface area (Å²) in [5.41, 5.74) is 10.0. The molecule has 11 aromatic rings. The summed E-state index contributed by atoms with van der Waals surface area (Å²) in [6.45, 7) is 10.8. The normalized spacial score (nSPS) is 11.1. The Kier molecular flexibility index (Phi) is 26.7. The van der Waals surface area contributed by atoms with Crippen LogP contribution in [0.3, 0.4) is 0 Å². The largest absolute Gasteiger partial charge is 2.00 e. The third-order valence-electron chi connectivity index (χ3n) is 12.7. The number of pyridine rings is 4. The third-order valence-corrected chi connectivity index (χ3v) is 12.7. The number of unbranched alkanes of at least 4 members (excludes halogenated alkanes) is 2. The van der Waals surface area contributed by atoms with E-state index in [4.69, 9.17) is 9.97 Å². The second-order valence-electron chi connectivity index (χ2n) is 18.5. The molecular weight excluding hydrogens is 1430 g/mol. The van der Waals surface area contributed by atoms with Crippen LogP contribution in [0.1, 0.15) is 50.7 Å². The molecule has 0 saturated carbocycles. The Morgan fingerprint density at radius 3 is 1.46 bits per heavy atom. The Morgan fingerprint density at radius 1 is 0.500 bits per heavy atom. The predicted octanol–water partition coefficient (Wildman–Crippen LogP) is 16.6. The second-order valence-corrected chi connectivity index (χ2v) is 18.5. The van der Waals surface area contributed by atoms with Gasteiger partial charge in [-0.15, -0.1) is 75.3 Å². The zero-order chi connectivity index (χ0) is 54.0. The van der Waals surface area contributed by atoms with Crippen LogP contribution in [0.5, 0.6) is 0 Å². The van der Waals surface area contributed by atoms with Gasteiger partial charge in [-0.3, -0.25) is 19.9 Å². The number of benzene rings is 6. The summed E-state index contributed by atoms with van der Waals surface area (Å²) in [5.74, 6) is 0. The molecule has 0 aliphatic carbocycles. The number of aromatic nitrogens is 6. The topological polar surface area (TPSA) is 66.8 Å². The molecular formula is C68H65BrClN8Pt2+. The summed E-state index contributed by atoms with van der Waals surface area (Å²) in [5, 5.41) is 4.77. The number of aryl methyl sites for hydroxylation is 1. The van der Waals surface area contributed by atoms with Gasteiger partial charge in [0.2, 0.25) is 6.33 Å². The summed E-state index contributed by atoms with van der Waals surface area (Å²) in [6.07, 6.45) is 19.3. The minimum Gasteiger partial charge on any atom is -0.295 e. The average molecular weight is 1500 g/mol. The Hall–Kier alpha value is -6.86. The first-order valence-electron chi connectivity index (χ1n) is 26.4. The number of fused-ring (bicyclic) bond motifs is 2. The van der Waals surface area contributed by atoms with Crippen molar-refractivity contribution in [3.8, 4) is 45.3 Å². The van der Waals surface area contributed by atoms with Gasteiger partial charge in [0.05, 0.1) is 29.3 Å². The van der Waals surface area contributed by atoms with Crippen LogP contribution in [-0.4, -0.2) is 40.8 Å². The van der Waals surface area contributed by atoms with Crippen molar-refractivity contribution in [3.63, 3.8) is 0 Å². The summed E-state index contributed by atoms with van der Waals surface area (Å²) in [7, 11) is 4.61. The van der Waals surface area contributed by atoms with E-state index >= 15 is 0 Å². The average Bonchev–Trinajstić information content (AvgIpc) is 4.18. The Bertz CT molecular complexity index is 3380. The van der Waals surface area contributed by atoms with Crippen LogP contribution < -0.4 is 4.57 Å². The van der Waals surface area contributed by atoms with Crippen molar-refractivity contribution in [3.05, 3.63) is 280 Å². The minimum absolute atomic E-state index is 0. The maximum Gasteiger partial charge on any atom is 2.00 e. The van der Waals surface area contributed by atoms with Crippen LogP contribution in [0.4, 0.5) is 0 Å². The minimum atomic E-state index is 0. The van der Waals surface area contributed by atoms with Crippen molar-refractivity contribution in [2.45, 2.75) is 59.2 Å². The summed E-state index contributed by atoms with van der Waals surface area (Å²) < 4.78 is 4.48. The first-order chi connectivity index (χ1) is 38.6. The number of rotatable bonds is 14. The van der Waals surface area contributed by atoms with Crippen LogP contribution in [-0.2, 0) is 59.5 Å². The van der Waals surface area contributed by atoms with E-state index in [9.17, 15) is 0 Å². The smallest absolute Gasteiger partial charge is 0.295 e. The first-order valence-corrected chi connectivity index (χ1v) is 29.3. The van der Waals surface area contributed by atoms with Gasteiger partial charge in [-0.2, -0.15) is 6.67 Å². The van der Waals surface area contributed by atoms with Gasteiger partial charge < -0.3 is 9.80 Å². The summed E-state index contributed by atoms with van der Waals surface area (Å²) in [4.78, 5) is 22.7. The Morgan fingerprint density at radius 2 is 0.950 bits per heavy atom. The van der Waals surface area contributed by atoms with Crippen LogP contribution in [0.2, 0.25) is 0 Å².